The maximum Gasteiger partial charge on any atom is 0.332 e. The fraction of sp³-hybridized carbons (Fsp3) is 0.833. The summed E-state index contributed by atoms with van der Waals surface area (Å²) in [5.41, 5.74) is 5.60. The van der Waals surface area contributed by atoms with Crippen molar-refractivity contribution in [3.05, 3.63) is 0 Å². The summed E-state index contributed by atoms with van der Waals surface area (Å²) in [7, 11) is 0. The number of rotatable bonds is 3. The number of likely N-dealkylation sites (tertiary alicyclic amines) is 1. The molecule has 1 amide bonds. The molecule has 1 saturated heterocycles. The van der Waals surface area contributed by atoms with E-state index in [1.807, 2.05) is 0 Å². The van der Waals surface area contributed by atoms with Crippen molar-refractivity contribution in [2.45, 2.75) is 45.1 Å². The van der Waals surface area contributed by atoms with E-state index in [4.69, 9.17) is 10.5 Å². The highest BCUT2D eigenvalue weighted by Gasteiger charge is 2.28. The number of esters is 1. The van der Waals surface area contributed by atoms with Gasteiger partial charge in [-0.05, 0) is 19.8 Å². The van der Waals surface area contributed by atoms with E-state index in [1.165, 1.54) is 6.42 Å². The SMILES string of the molecule is CCOC(=O)C(N)C(=O)N1CCCCCCC1. The van der Waals surface area contributed by atoms with Crippen molar-refractivity contribution in [3.63, 3.8) is 0 Å². The van der Waals surface area contributed by atoms with Crippen molar-refractivity contribution in [1.82, 2.24) is 4.90 Å². The second kappa shape index (κ2) is 7.27. The van der Waals surface area contributed by atoms with Crippen molar-refractivity contribution in [2.24, 2.45) is 5.73 Å². The van der Waals surface area contributed by atoms with Crippen molar-refractivity contribution in [2.75, 3.05) is 19.7 Å². The Morgan fingerprint density at radius 1 is 1.18 bits per heavy atom. The van der Waals surface area contributed by atoms with Gasteiger partial charge in [-0.2, -0.15) is 0 Å². The third-order valence-corrected chi connectivity index (χ3v) is 2.97. The molecule has 1 aliphatic rings. The van der Waals surface area contributed by atoms with Gasteiger partial charge in [0.05, 0.1) is 6.61 Å². The number of hydrogen-bond acceptors (Lipinski definition) is 4. The molecule has 1 heterocycles. The molecular formula is C12H22N2O3. The standard InChI is InChI=1S/C12H22N2O3/c1-2-17-12(16)10(13)11(15)14-8-6-4-3-5-7-9-14/h10H,2-9,13H2,1H3. The molecule has 0 spiro atoms. The van der Waals surface area contributed by atoms with Gasteiger partial charge in [-0.3, -0.25) is 4.79 Å². The van der Waals surface area contributed by atoms with E-state index < -0.39 is 12.0 Å². The third-order valence-electron chi connectivity index (χ3n) is 2.97. The largest absolute Gasteiger partial charge is 0.464 e. The molecule has 1 rings (SSSR count). The van der Waals surface area contributed by atoms with E-state index in [9.17, 15) is 9.59 Å². The molecule has 0 radical (unpaired) electrons. The Bertz CT molecular complexity index is 260. The molecule has 1 unspecified atom stereocenters. The molecule has 1 atom stereocenters. The number of ether oxygens (including phenoxy) is 1. The lowest BCUT2D eigenvalue weighted by Gasteiger charge is -2.26. The highest BCUT2D eigenvalue weighted by Crippen LogP contribution is 2.11. The van der Waals surface area contributed by atoms with E-state index in [2.05, 4.69) is 0 Å². The van der Waals surface area contributed by atoms with Crippen LogP contribution >= 0.6 is 0 Å². The number of amides is 1. The number of hydrogen-bond donors (Lipinski definition) is 1. The van der Waals surface area contributed by atoms with Gasteiger partial charge in [-0.1, -0.05) is 19.3 Å². The van der Waals surface area contributed by atoms with Crippen molar-refractivity contribution in [3.8, 4) is 0 Å². The van der Waals surface area contributed by atoms with Crippen LogP contribution in [-0.4, -0.2) is 42.5 Å². The van der Waals surface area contributed by atoms with E-state index in [0.29, 0.717) is 13.1 Å². The number of carbonyl (C=O) groups excluding carboxylic acids is 2. The lowest BCUT2D eigenvalue weighted by atomic mass is 10.1. The quantitative estimate of drug-likeness (QED) is 0.583. The van der Waals surface area contributed by atoms with Crippen LogP contribution in [0.1, 0.15) is 39.0 Å². The Kier molecular flexibility index (Phi) is 5.97. The zero-order chi connectivity index (χ0) is 12.7. The maximum atomic E-state index is 12.0. The summed E-state index contributed by atoms with van der Waals surface area (Å²) in [6.45, 7) is 3.35. The van der Waals surface area contributed by atoms with Crippen LogP contribution in [0.15, 0.2) is 0 Å². The minimum atomic E-state index is -1.16. The Morgan fingerprint density at radius 2 is 1.71 bits per heavy atom. The summed E-state index contributed by atoms with van der Waals surface area (Å²) in [4.78, 5) is 25.1. The van der Waals surface area contributed by atoms with Crippen LogP contribution in [0.5, 0.6) is 0 Å². The van der Waals surface area contributed by atoms with Gasteiger partial charge in [0.1, 0.15) is 0 Å². The second-order valence-electron chi connectivity index (χ2n) is 4.32. The lowest BCUT2D eigenvalue weighted by molar-refractivity contribution is -0.151. The summed E-state index contributed by atoms with van der Waals surface area (Å²) in [6, 6.07) is -1.16. The maximum absolute atomic E-state index is 12.0. The number of nitrogens with zero attached hydrogens (tertiary/aromatic N) is 1. The summed E-state index contributed by atoms with van der Waals surface area (Å²) >= 11 is 0. The average Bonchev–Trinajstić information content (AvgIpc) is 2.27. The van der Waals surface area contributed by atoms with Crippen LogP contribution in [0, 0.1) is 0 Å². The zero-order valence-corrected chi connectivity index (χ0v) is 10.5. The van der Waals surface area contributed by atoms with Crippen molar-refractivity contribution >= 4 is 11.9 Å². The van der Waals surface area contributed by atoms with Crippen LogP contribution in [0.25, 0.3) is 0 Å². The molecule has 1 fully saturated rings. The average molecular weight is 242 g/mol. The molecule has 0 aromatic rings. The van der Waals surface area contributed by atoms with Gasteiger partial charge in [-0.25, -0.2) is 4.79 Å². The van der Waals surface area contributed by atoms with Crippen LogP contribution in [0.3, 0.4) is 0 Å². The molecule has 0 saturated carbocycles. The normalized spacial score (nSPS) is 19.1. The fourth-order valence-corrected chi connectivity index (χ4v) is 2.00. The summed E-state index contributed by atoms with van der Waals surface area (Å²) in [5.74, 6) is -0.926. The first-order valence-corrected chi connectivity index (χ1v) is 6.37. The molecule has 0 bridgehead atoms. The Labute approximate surface area is 102 Å². The van der Waals surface area contributed by atoms with Crippen LogP contribution in [0.4, 0.5) is 0 Å². The minimum absolute atomic E-state index is 0.250. The van der Waals surface area contributed by atoms with Gasteiger partial charge in [0.15, 0.2) is 6.04 Å². The molecule has 0 aromatic heterocycles. The molecule has 2 N–H and O–H groups in total. The Morgan fingerprint density at radius 3 is 2.24 bits per heavy atom. The van der Waals surface area contributed by atoms with Gasteiger partial charge in [0.25, 0.3) is 5.91 Å². The number of nitrogens with two attached hydrogens (primary N) is 1. The minimum Gasteiger partial charge on any atom is -0.464 e. The van der Waals surface area contributed by atoms with Gasteiger partial charge in [0, 0.05) is 13.1 Å². The Hall–Kier alpha value is -1.10. The molecule has 17 heavy (non-hydrogen) atoms. The van der Waals surface area contributed by atoms with E-state index in [1.54, 1.807) is 11.8 Å². The molecule has 0 aliphatic carbocycles. The lowest BCUT2D eigenvalue weighted by Crippen LogP contribution is -2.49. The van der Waals surface area contributed by atoms with Gasteiger partial charge in [-0.15, -0.1) is 0 Å². The van der Waals surface area contributed by atoms with Gasteiger partial charge in [0.2, 0.25) is 0 Å². The second-order valence-corrected chi connectivity index (χ2v) is 4.32. The topological polar surface area (TPSA) is 72.6 Å². The molecule has 5 heteroatoms. The monoisotopic (exact) mass is 242 g/mol. The molecular weight excluding hydrogens is 220 g/mol. The smallest absolute Gasteiger partial charge is 0.332 e. The van der Waals surface area contributed by atoms with Gasteiger partial charge >= 0.3 is 5.97 Å². The summed E-state index contributed by atoms with van der Waals surface area (Å²) in [6.07, 6.45) is 5.48. The van der Waals surface area contributed by atoms with Crippen molar-refractivity contribution < 1.29 is 14.3 Å². The first-order chi connectivity index (χ1) is 8.16. The number of carbonyl (C=O) groups is 2. The molecule has 5 nitrogen and oxygen atoms in total. The summed E-state index contributed by atoms with van der Waals surface area (Å²) in [5, 5.41) is 0. The van der Waals surface area contributed by atoms with E-state index in [-0.39, 0.29) is 12.5 Å². The van der Waals surface area contributed by atoms with Crippen LogP contribution in [0.2, 0.25) is 0 Å². The van der Waals surface area contributed by atoms with E-state index in [0.717, 1.165) is 25.7 Å². The third kappa shape index (κ3) is 4.34. The first kappa shape index (κ1) is 14.0. The highest BCUT2D eigenvalue weighted by atomic mass is 16.5. The Balaban J connectivity index is 2.50. The van der Waals surface area contributed by atoms with Crippen LogP contribution < -0.4 is 5.73 Å². The van der Waals surface area contributed by atoms with E-state index >= 15 is 0 Å². The highest BCUT2D eigenvalue weighted by molar-refractivity contribution is 6.01. The zero-order valence-electron chi connectivity index (χ0n) is 10.5. The van der Waals surface area contributed by atoms with Crippen molar-refractivity contribution in [1.29, 1.82) is 0 Å². The molecule has 98 valence electrons. The predicted molar refractivity (Wildman–Crippen MR) is 64.3 cm³/mol. The molecule has 0 aromatic carbocycles. The molecule has 1 aliphatic heterocycles. The predicted octanol–water partition coefficient (Wildman–Crippen LogP) is 0.669. The fourth-order valence-electron chi connectivity index (χ4n) is 2.00. The summed E-state index contributed by atoms with van der Waals surface area (Å²) < 4.78 is 4.76. The first-order valence-electron chi connectivity index (χ1n) is 6.37. The van der Waals surface area contributed by atoms with Crippen LogP contribution in [-0.2, 0) is 14.3 Å². The van der Waals surface area contributed by atoms with Gasteiger partial charge < -0.3 is 15.4 Å².